The lowest BCUT2D eigenvalue weighted by Gasteiger charge is -2.30. The lowest BCUT2D eigenvalue weighted by molar-refractivity contribution is -0.125. The number of piperidine rings is 1. The molecule has 21 heavy (non-hydrogen) atoms. The number of nitrogens with zero attached hydrogens (tertiary/aromatic N) is 3. The number of likely N-dealkylation sites (tertiary alicyclic amines) is 1. The summed E-state index contributed by atoms with van der Waals surface area (Å²) in [7, 11) is 2.12. The van der Waals surface area contributed by atoms with E-state index in [4.69, 9.17) is 11.6 Å². The van der Waals surface area contributed by atoms with Crippen LogP contribution in [0.5, 0.6) is 0 Å². The first-order chi connectivity index (χ1) is 9.93. The Labute approximate surface area is 131 Å². The normalized spacial score (nSPS) is 18.7. The van der Waals surface area contributed by atoms with Crippen LogP contribution in [0.2, 0.25) is 5.02 Å². The van der Waals surface area contributed by atoms with Crippen molar-refractivity contribution in [2.45, 2.75) is 52.1 Å². The molecular weight excluding hydrogens is 288 g/mol. The number of amides is 1. The molecular formula is C15H25ClN4O. The average molecular weight is 313 g/mol. The summed E-state index contributed by atoms with van der Waals surface area (Å²) in [6, 6.07) is -0.00829. The number of nitrogens with one attached hydrogen (secondary N) is 1. The Balaban J connectivity index is 2.06. The van der Waals surface area contributed by atoms with Crippen LogP contribution in [0.4, 0.5) is 0 Å². The molecule has 1 aliphatic heterocycles. The summed E-state index contributed by atoms with van der Waals surface area (Å²) < 4.78 is 1.77. The van der Waals surface area contributed by atoms with Gasteiger partial charge >= 0.3 is 0 Å². The van der Waals surface area contributed by atoms with E-state index in [1.807, 2.05) is 20.8 Å². The van der Waals surface area contributed by atoms with Gasteiger partial charge in [-0.25, -0.2) is 0 Å². The molecule has 118 valence electrons. The average Bonchev–Trinajstić information content (AvgIpc) is 2.70. The maximum atomic E-state index is 12.6. The lowest BCUT2D eigenvalue weighted by Crippen LogP contribution is -2.45. The molecule has 5 nitrogen and oxygen atoms in total. The van der Waals surface area contributed by atoms with Gasteiger partial charge < -0.3 is 10.2 Å². The van der Waals surface area contributed by atoms with Crippen LogP contribution < -0.4 is 5.32 Å². The number of rotatable bonds is 4. The molecule has 1 saturated heterocycles. The van der Waals surface area contributed by atoms with Crippen molar-refractivity contribution in [2.75, 3.05) is 20.1 Å². The quantitative estimate of drug-likeness (QED) is 0.928. The van der Waals surface area contributed by atoms with Crippen LogP contribution in [0.15, 0.2) is 0 Å². The van der Waals surface area contributed by atoms with Crippen LogP contribution in [0.25, 0.3) is 0 Å². The highest BCUT2D eigenvalue weighted by molar-refractivity contribution is 6.31. The zero-order valence-corrected chi connectivity index (χ0v) is 14.1. The molecule has 0 spiro atoms. The van der Waals surface area contributed by atoms with Crippen molar-refractivity contribution in [2.24, 2.45) is 0 Å². The molecule has 1 N–H and O–H groups in total. The Morgan fingerprint density at radius 3 is 2.52 bits per heavy atom. The maximum Gasteiger partial charge on any atom is 0.245 e. The van der Waals surface area contributed by atoms with Crippen LogP contribution in [-0.2, 0) is 4.79 Å². The van der Waals surface area contributed by atoms with Gasteiger partial charge in [0.1, 0.15) is 6.04 Å². The number of halogens is 1. The van der Waals surface area contributed by atoms with Crippen LogP contribution in [0, 0.1) is 13.8 Å². The van der Waals surface area contributed by atoms with E-state index in [1.54, 1.807) is 4.68 Å². The fourth-order valence-electron chi connectivity index (χ4n) is 2.87. The van der Waals surface area contributed by atoms with Gasteiger partial charge in [0.05, 0.1) is 16.4 Å². The summed E-state index contributed by atoms with van der Waals surface area (Å²) in [6.45, 7) is 7.85. The minimum absolute atomic E-state index is 0.0503. The molecule has 2 heterocycles. The van der Waals surface area contributed by atoms with E-state index in [2.05, 4.69) is 22.4 Å². The number of hydrogen-bond donors (Lipinski definition) is 1. The molecule has 1 fully saturated rings. The Bertz CT molecular complexity index is 506. The van der Waals surface area contributed by atoms with Crippen molar-refractivity contribution < 1.29 is 4.79 Å². The molecule has 1 aromatic heterocycles. The second kappa shape index (κ2) is 6.79. The molecule has 0 saturated carbocycles. The molecule has 1 amide bonds. The molecule has 0 radical (unpaired) electrons. The van der Waals surface area contributed by atoms with Gasteiger partial charge in [-0.3, -0.25) is 9.48 Å². The first-order valence-corrected chi connectivity index (χ1v) is 8.02. The monoisotopic (exact) mass is 312 g/mol. The van der Waals surface area contributed by atoms with Crippen molar-refractivity contribution >= 4 is 17.5 Å². The van der Waals surface area contributed by atoms with Gasteiger partial charge in [0.25, 0.3) is 0 Å². The number of carbonyl (C=O) groups is 1. The second-order valence-corrected chi connectivity index (χ2v) is 6.32. The summed E-state index contributed by atoms with van der Waals surface area (Å²) >= 11 is 6.19. The topological polar surface area (TPSA) is 50.2 Å². The minimum Gasteiger partial charge on any atom is -0.351 e. The van der Waals surface area contributed by atoms with Crippen molar-refractivity contribution in [3.8, 4) is 0 Å². The summed E-state index contributed by atoms with van der Waals surface area (Å²) in [6.07, 6.45) is 2.73. The molecule has 1 unspecified atom stereocenters. The molecule has 0 bridgehead atoms. The van der Waals surface area contributed by atoms with Crippen molar-refractivity contribution in [3.05, 3.63) is 16.4 Å². The van der Waals surface area contributed by atoms with E-state index < -0.39 is 0 Å². The molecule has 1 aromatic rings. The highest BCUT2D eigenvalue weighted by Gasteiger charge is 2.26. The standard InChI is InChI=1S/C15H25ClN4O/c1-5-13(20-11(3)14(16)10(2)18-20)15(21)17-12-6-8-19(4)9-7-12/h12-13H,5-9H2,1-4H3,(H,17,21). The second-order valence-electron chi connectivity index (χ2n) is 5.94. The predicted octanol–water partition coefficient (Wildman–Crippen LogP) is 2.31. The first kappa shape index (κ1) is 16.3. The summed E-state index contributed by atoms with van der Waals surface area (Å²) in [5.74, 6) is 0.0503. The fraction of sp³-hybridized carbons (Fsp3) is 0.733. The SMILES string of the molecule is CCC(C(=O)NC1CCN(C)CC1)n1nc(C)c(Cl)c1C. The van der Waals surface area contributed by atoms with Gasteiger partial charge in [-0.1, -0.05) is 18.5 Å². The van der Waals surface area contributed by atoms with Gasteiger partial charge in [-0.15, -0.1) is 0 Å². The van der Waals surface area contributed by atoms with Crippen LogP contribution in [-0.4, -0.2) is 46.8 Å². The Hall–Kier alpha value is -1.07. The Morgan fingerprint density at radius 2 is 2.05 bits per heavy atom. The Kier molecular flexibility index (Phi) is 5.27. The lowest BCUT2D eigenvalue weighted by atomic mass is 10.0. The third-order valence-electron chi connectivity index (χ3n) is 4.29. The molecule has 1 atom stereocenters. The summed E-state index contributed by atoms with van der Waals surface area (Å²) in [4.78, 5) is 14.9. The number of hydrogen-bond acceptors (Lipinski definition) is 3. The third kappa shape index (κ3) is 3.58. The van der Waals surface area contributed by atoms with Gasteiger partial charge in [-0.05, 0) is 53.2 Å². The molecule has 0 aliphatic carbocycles. The van der Waals surface area contributed by atoms with Crippen LogP contribution >= 0.6 is 11.6 Å². The van der Waals surface area contributed by atoms with Crippen LogP contribution in [0.3, 0.4) is 0 Å². The van der Waals surface area contributed by atoms with E-state index in [0.717, 1.165) is 37.3 Å². The maximum absolute atomic E-state index is 12.6. The number of aromatic nitrogens is 2. The van der Waals surface area contributed by atoms with E-state index in [0.29, 0.717) is 11.4 Å². The third-order valence-corrected chi connectivity index (χ3v) is 4.83. The first-order valence-electron chi connectivity index (χ1n) is 7.64. The van der Waals surface area contributed by atoms with Gasteiger partial charge in [-0.2, -0.15) is 5.10 Å². The zero-order chi connectivity index (χ0) is 15.6. The van der Waals surface area contributed by atoms with Gasteiger partial charge in [0.15, 0.2) is 0 Å². The predicted molar refractivity (Wildman–Crippen MR) is 84.7 cm³/mol. The van der Waals surface area contributed by atoms with E-state index in [1.165, 1.54) is 0 Å². The van der Waals surface area contributed by atoms with E-state index in [9.17, 15) is 4.79 Å². The van der Waals surface area contributed by atoms with E-state index >= 15 is 0 Å². The highest BCUT2D eigenvalue weighted by atomic mass is 35.5. The molecule has 2 rings (SSSR count). The van der Waals surface area contributed by atoms with Crippen molar-refractivity contribution in [3.63, 3.8) is 0 Å². The highest BCUT2D eigenvalue weighted by Crippen LogP contribution is 2.24. The smallest absolute Gasteiger partial charge is 0.245 e. The summed E-state index contributed by atoms with van der Waals surface area (Å²) in [5, 5.41) is 8.25. The fourth-order valence-corrected chi connectivity index (χ4v) is 2.99. The molecule has 0 aromatic carbocycles. The van der Waals surface area contributed by atoms with Gasteiger partial charge in [0, 0.05) is 6.04 Å². The van der Waals surface area contributed by atoms with Crippen molar-refractivity contribution in [1.82, 2.24) is 20.0 Å². The number of aryl methyl sites for hydroxylation is 1. The van der Waals surface area contributed by atoms with Crippen molar-refractivity contribution in [1.29, 1.82) is 0 Å². The Morgan fingerprint density at radius 1 is 1.43 bits per heavy atom. The zero-order valence-electron chi connectivity index (χ0n) is 13.3. The number of carbonyl (C=O) groups excluding carboxylic acids is 1. The van der Waals surface area contributed by atoms with Gasteiger partial charge in [0.2, 0.25) is 5.91 Å². The molecule has 1 aliphatic rings. The minimum atomic E-state index is -0.282. The van der Waals surface area contributed by atoms with E-state index in [-0.39, 0.29) is 18.0 Å². The van der Waals surface area contributed by atoms with Crippen LogP contribution in [0.1, 0.15) is 43.6 Å². The summed E-state index contributed by atoms with van der Waals surface area (Å²) in [5.41, 5.74) is 1.64. The molecule has 6 heteroatoms. The largest absolute Gasteiger partial charge is 0.351 e.